The lowest BCUT2D eigenvalue weighted by atomic mass is 10.2. The minimum absolute atomic E-state index is 0.322. The quantitative estimate of drug-likeness (QED) is 0.604. The molecule has 29 heavy (non-hydrogen) atoms. The molecule has 6 heteroatoms. The first-order valence-electron chi connectivity index (χ1n) is 8.96. The van der Waals surface area contributed by atoms with E-state index in [0.29, 0.717) is 40.1 Å². The fourth-order valence-corrected chi connectivity index (χ4v) is 3.05. The molecule has 0 aromatic heterocycles. The highest BCUT2D eigenvalue weighted by Gasteiger charge is 2.33. The predicted octanol–water partition coefficient (Wildman–Crippen LogP) is 5.24. The van der Waals surface area contributed by atoms with Crippen molar-refractivity contribution in [3.63, 3.8) is 0 Å². The summed E-state index contributed by atoms with van der Waals surface area (Å²) in [4.78, 5) is 14.5. The first kappa shape index (κ1) is 16.9. The molecule has 2 heterocycles. The zero-order valence-corrected chi connectivity index (χ0v) is 15.1. The minimum atomic E-state index is -0.596. The summed E-state index contributed by atoms with van der Waals surface area (Å²) in [5, 5.41) is 0. The van der Waals surface area contributed by atoms with Crippen molar-refractivity contribution in [3.8, 4) is 23.0 Å². The van der Waals surface area contributed by atoms with E-state index in [1.54, 1.807) is 48.5 Å². The zero-order valence-electron chi connectivity index (χ0n) is 15.1. The highest BCUT2D eigenvalue weighted by molar-refractivity contribution is 5.96. The van der Waals surface area contributed by atoms with E-state index < -0.39 is 6.09 Å². The molecule has 0 atom stereocenters. The van der Waals surface area contributed by atoms with Crippen molar-refractivity contribution in [2.75, 3.05) is 4.90 Å². The Morgan fingerprint density at radius 1 is 0.724 bits per heavy atom. The molecule has 2 aliphatic rings. The van der Waals surface area contributed by atoms with Crippen LogP contribution < -0.4 is 23.8 Å². The molecule has 2 aliphatic heterocycles. The predicted molar refractivity (Wildman–Crippen MR) is 106 cm³/mol. The second-order valence-corrected chi connectivity index (χ2v) is 6.25. The fourth-order valence-electron chi connectivity index (χ4n) is 3.05. The number of benzene rings is 3. The van der Waals surface area contributed by atoms with E-state index in [9.17, 15) is 4.79 Å². The van der Waals surface area contributed by atoms with Gasteiger partial charge >= 0.3 is 6.09 Å². The lowest BCUT2D eigenvalue weighted by molar-refractivity contribution is 0.207. The molecular weight excluding hydrogens is 370 g/mol. The summed E-state index contributed by atoms with van der Waals surface area (Å²) in [7, 11) is 0. The third-order valence-corrected chi connectivity index (χ3v) is 4.39. The van der Waals surface area contributed by atoms with Gasteiger partial charge in [-0.1, -0.05) is 42.5 Å². The van der Waals surface area contributed by atoms with Crippen LogP contribution in [0.15, 0.2) is 103 Å². The van der Waals surface area contributed by atoms with Crippen molar-refractivity contribution >= 4 is 11.8 Å². The molecular formula is C23H15NO5. The second kappa shape index (κ2) is 7.09. The van der Waals surface area contributed by atoms with Crippen molar-refractivity contribution in [2.45, 2.75) is 0 Å². The number of fused-ring (bicyclic) bond motifs is 2. The molecule has 0 saturated carbocycles. The van der Waals surface area contributed by atoms with Gasteiger partial charge in [0.15, 0.2) is 23.0 Å². The largest absolute Gasteiger partial charge is 0.460 e. The molecule has 6 nitrogen and oxygen atoms in total. The summed E-state index contributed by atoms with van der Waals surface area (Å²) in [6, 6.07) is 23.3. The Morgan fingerprint density at radius 2 is 1.38 bits per heavy atom. The molecule has 0 bridgehead atoms. The summed E-state index contributed by atoms with van der Waals surface area (Å²) in [6.45, 7) is 0. The Labute approximate surface area is 166 Å². The van der Waals surface area contributed by atoms with Crippen LogP contribution in [0.5, 0.6) is 23.0 Å². The van der Waals surface area contributed by atoms with Gasteiger partial charge in [-0.25, -0.2) is 9.69 Å². The van der Waals surface area contributed by atoms with Crippen molar-refractivity contribution in [1.29, 1.82) is 0 Å². The van der Waals surface area contributed by atoms with E-state index in [2.05, 4.69) is 0 Å². The third kappa shape index (κ3) is 3.17. The third-order valence-electron chi connectivity index (χ3n) is 4.39. The molecule has 0 radical (unpaired) electrons. The van der Waals surface area contributed by atoms with Crippen LogP contribution in [0.3, 0.4) is 0 Å². The molecule has 0 saturated heterocycles. The van der Waals surface area contributed by atoms with E-state index in [-0.39, 0.29) is 0 Å². The Morgan fingerprint density at radius 3 is 2.21 bits per heavy atom. The number of nitrogens with zero attached hydrogens (tertiary/aromatic N) is 1. The first-order chi connectivity index (χ1) is 14.3. The number of carbonyl (C=O) groups is 1. The maximum absolute atomic E-state index is 13.1. The number of amides is 1. The summed E-state index contributed by atoms with van der Waals surface area (Å²) < 4.78 is 22.9. The Balaban J connectivity index is 1.51. The highest BCUT2D eigenvalue weighted by atomic mass is 16.6. The SMILES string of the molecule is O=C(Oc1ccccc1)N1C(C2=COc3ccccc3O2)=COc2ccccc21. The number of hydrogen-bond acceptors (Lipinski definition) is 5. The van der Waals surface area contributed by atoms with E-state index in [4.69, 9.17) is 18.9 Å². The van der Waals surface area contributed by atoms with Crippen molar-refractivity contribution in [1.82, 2.24) is 0 Å². The van der Waals surface area contributed by atoms with Crippen LogP contribution in [-0.2, 0) is 0 Å². The second-order valence-electron chi connectivity index (χ2n) is 6.25. The van der Waals surface area contributed by atoms with Crippen LogP contribution >= 0.6 is 0 Å². The highest BCUT2D eigenvalue weighted by Crippen LogP contribution is 2.40. The Hall–Kier alpha value is -4.19. The van der Waals surface area contributed by atoms with E-state index in [0.717, 1.165) is 0 Å². The van der Waals surface area contributed by atoms with Crippen LogP contribution in [-0.4, -0.2) is 6.09 Å². The van der Waals surface area contributed by atoms with Crippen LogP contribution in [0.1, 0.15) is 0 Å². The first-order valence-corrected chi connectivity index (χ1v) is 8.96. The molecule has 0 N–H and O–H groups in total. The summed E-state index contributed by atoms with van der Waals surface area (Å²) in [5.74, 6) is 2.41. The standard InChI is InChI=1S/C23H15NO5/c25-23(28-16-8-2-1-3-9-16)24-17-10-4-5-11-19(17)26-14-18(24)22-15-27-20-12-6-7-13-21(20)29-22/h1-15H. The number of anilines is 1. The molecule has 3 aromatic rings. The zero-order chi connectivity index (χ0) is 19.6. The Bertz CT molecular complexity index is 1140. The maximum atomic E-state index is 13.1. The monoisotopic (exact) mass is 385 g/mol. The van der Waals surface area contributed by atoms with Crippen molar-refractivity contribution in [2.24, 2.45) is 0 Å². The minimum Gasteiger partial charge on any atom is -0.460 e. The normalized spacial score (nSPS) is 14.1. The molecule has 0 spiro atoms. The topological polar surface area (TPSA) is 57.2 Å². The lowest BCUT2D eigenvalue weighted by Gasteiger charge is -2.31. The number of para-hydroxylation sites is 5. The van der Waals surface area contributed by atoms with Gasteiger partial charge in [0, 0.05) is 0 Å². The number of ether oxygens (including phenoxy) is 4. The van der Waals surface area contributed by atoms with Crippen molar-refractivity contribution < 1.29 is 23.7 Å². The van der Waals surface area contributed by atoms with Gasteiger partial charge in [0.1, 0.15) is 24.0 Å². The van der Waals surface area contributed by atoms with Crippen LogP contribution in [0, 0.1) is 0 Å². The van der Waals surface area contributed by atoms with Gasteiger partial charge in [-0.3, -0.25) is 0 Å². The molecule has 5 rings (SSSR count). The van der Waals surface area contributed by atoms with Gasteiger partial charge in [-0.2, -0.15) is 0 Å². The molecule has 0 unspecified atom stereocenters. The fraction of sp³-hybridized carbons (Fsp3) is 0. The maximum Gasteiger partial charge on any atom is 0.424 e. The van der Waals surface area contributed by atoms with Crippen LogP contribution in [0.4, 0.5) is 10.5 Å². The number of rotatable bonds is 2. The smallest absolute Gasteiger partial charge is 0.424 e. The molecule has 1 amide bonds. The number of hydrogen-bond donors (Lipinski definition) is 0. The summed E-state index contributed by atoms with van der Waals surface area (Å²) >= 11 is 0. The number of carbonyl (C=O) groups excluding carboxylic acids is 1. The summed E-state index contributed by atoms with van der Waals surface area (Å²) in [5.41, 5.74) is 0.897. The molecule has 142 valence electrons. The van der Waals surface area contributed by atoms with E-state index in [1.165, 1.54) is 17.4 Å². The van der Waals surface area contributed by atoms with E-state index in [1.807, 2.05) is 30.3 Å². The average Bonchev–Trinajstić information content (AvgIpc) is 2.78. The van der Waals surface area contributed by atoms with Crippen LogP contribution in [0.2, 0.25) is 0 Å². The van der Waals surface area contributed by atoms with E-state index >= 15 is 0 Å². The summed E-state index contributed by atoms with van der Waals surface area (Å²) in [6.07, 6.45) is 2.29. The van der Waals surface area contributed by atoms with Gasteiger partial charge in [0.25, 0.3) is 0 Å². The average molecular weight is 385 g/mol. The van der Waals surface area contributed by atoms with Crippen molar-refractivity contribution in [3.05, 3.63) is 103 Å². The van der Waals surface area contributed by atoms with Gasteiger partial charge in [0.2, 0.25) is 0 Å². The molecule has 3 aromatic carbocycles. The Kier molecular flexibility index (Phi) is 4.14. The van der Waals surface area contributed by atoms with Crippen LogP contribution in [0.25, 0.3) is 0 Å². The van der Waals surface area contributed by atoms with Gasteiger partial charge < -0.3 is 18.9 Å². The molecule has 0 aliphatic carbocycles. The lowest BCUT2D eigenvalue weighted by Crippen LogP contribution is -2.37. The van der Waals surface area contributed by atoms with Gasteiger partial charge in [-0.05, 0) is 36.4 Å². The van der Waals surface area contributed by atoms with Gasteiger partial charge in [-0.15, -0.1) is 0 Å². The van der Waals surface area contributed by atoms with Gasteiger partial charge in [0.05, 0.1) is 5.69 Å². The molecule has 0 fully saturated rings.